The number of allylic oxidation sites excluding steroid dienone is 2. The van der Waals surface area contributed by atoms with Crippen LogP contribution >= 0.6 is 0 Å². The van der Waals surface area contributed by atoms with Crippen LogP contribution in [-0.2, 0) is 20.8 Å². The number of carbonyl (C=O) groups excluding carboxylic acids is 1. The molecule has 0 fully saturated rings. The van der Waals surface area contributed by atoms with Crippen LogP contribution in [0.25, 0.3) is 5.70 Å². The van der Waals surface area contributed by atoms with Gasteiger partial charge in [0.1, 0.15) is 31.1 Å². The Morgan fingerprint density at radius 3 is 2.43 bits per heavy atom. The van der Waals surface area contributed by atoms with Crippen molar-refractivity contribution in [3.05, 3.63) is 95.6 Å². The van der Waals surface area contributed by atoms with Crippen LogP contribution in [0.1, 0.15) is 50.7 Å². The zero-order chi connectivity index (χ0) is 26.5. The number of methoxy groups -OCH3 is 1. The van der Waals surface area contributed by atoms with Gasteiger partial charge in [-0.3, -0.25) is 4.48 Å². The van der Waals surface area contributed by atoms with Crippen LogP contribution in [0.2, 0.25) is 0 Å². The summed E-state index contributed by atoms with van der Waals surface area (Å²) in [5, 5.41) is 0. The summed E-state index contributed by atoms with van der Waals surface area (Å²) in [5.74, 6) is 0.560. The molecule has 0 aromatic heterocycles. The van der Waals surface area contributed by atoms with Gasteiger partial charge >= 0.3 is 5.97 Å². The molecule has 0 saturated carbocycles. The number of ether oxygens (including phenoxy) is 3. The van der Waals surface area contributed by atoms with Crippen LogP contribution in [0.5, 0.6) is 5.75 Å². The Balaban J connectivity index is 1.94. The average molecular weight is 505 g/mol. The molecule has 2 aromatic carbocycles. The van der Waals surface area contributed by atoms with Crippen molar-refractivity contribution in [1.82, 2.24) is 0 Å². The van der Waals surface area contributed by atoms with Gasteiger partial charge in [0.2, 0.25) is 0 Å². The van der Waals surface area contributed by atoms with Crippen molar-refractivity contribution in [2.45, 2.75) is 46.1 Å². The summed E-state index contributed by atoms with van der Waals surface area (Å²) < 4.78 is 17.3. The highest BCUT2D eigenvalue weighted by Gasteiger charge is 2.35. The van der Waals surface area contributed by atoms with E-state index in [4.69, 9.17) is 14.2 Å². The molecule has 0 spiro atoms. The molecule has 1 atom stereocenters. The SMILES string of the molecule is C=C(C)C[N+]1(Cc2ccccc2)CCCC(C(=O)OC)=CC=C1c1ccc(OCCOCCCC)cc1. The topological polar surface area (TPSA) is 44.8 Å². The molecule has 5 nitrogen and oxygen atoms in total. The summed E-state index contributed by atoms with van der Waals surface area (Å²) >= 11 is 0. The van der Waals surface area contributed by atoms with Gasteiger partial charge in [-0.1, -0.05) is 50.3 Å². The monoisotopic (exact) mass is 504 g/mol. The minimum atomic E-state index is -0.261. The molecule has 1 unspecified atom stereocenters. The molecule has 2 aromatic rings. The third-order valence-corrected chi connectivity index (χ3v) is 6.62. The van der Waals surface area contributed by atoms with Crippen molar-refractivity contribution in [2.24, 2.45) is 0 Å². The van der Waals surface area contributed by atoms with E-state index >= 15 is 0 Å². The maximum absolute atomic E-state index is 12.4. The number of benzene rings is 2. The summed E-state index contributed by atoms with van der Waals surface area (Å²) in [4.78, 5) is 12.4. The van der Waals surface area contributed by atoms with Gasteiger partial charge in [0.05, 0.1) is 20.3 Å². The second-order valence-electron chi connectivity index (χ2n) is 9.81. The van der Waals surface area contributed by atoms with Crippen molar-refractivity contribution in [3.63, 3.8) is 0 Å². The largest absolute Gasteiger partial charge is 0.491 e. The van der Waals surface area contributed by atoms with Gasteiger partial charge < -0.3 is 14.2 Å². The van der Waals surface area contributed by atoms with E-state index < -0.39 is 0 Å². The molecule has 1 heterocycles. The Kier molecular flexibility index (Phi) is 11.2. The smallest absolute Gasteiger partial charge is 0.333 e. The fourth-order valence-electron chi connectivity index (χ4n) is 4.91. The molecule has 3 rings (SSSR count). The third kappa shape index (κ3) is 8.44. The van der Waals surface area contributed by atoms with Crippen LogP contribution in [0.4, 0.5) is 0 Å². The molecule has 0 bridgehead atoms. The summed E-state index contributed by atoms with van der Waals surface area (Å²) in [5.41, 5.74) is 5.36. The summed E-state index contributed by atoms with van der Waals surface area (Å²) in [6.45, 7) is 13.0. The molecule has 0 aliphatic carbocycles. The van der Waals surface area contributed by atoms with Crippen LogP contribution in [0.3, 0.4) is 0 Å². The second kappa shape index (κ2) is 14.6. The summed E-state index contributed by atoms with van der Waals surface area (Å²) in [7, 11) is 1.44. The number of carbonyl (C=O) groups is 1. The van der Waals surface area contributed by atoms with Gasteiger partial charge in [0.25, 0.3) is 0 Å². The first-order chi connectivity index (χ1) is 18.0. The number of unbranched alkanes of at least 4 members (excludes halogenated alkanes) is 1. The second-order valence-corrected chi connectivity index (χ2v) is 9.81. The van der Waals surface area contributed by atoms with E-state index in [1.807, 2.05) is 18.2 Å². The van der Waals surface area contributed by atoms with Crippen molar-refractivity contribution < 1.29 is 23.5 Å². The summed E-state index contributed by atoms with van der Waals surface area (Å²) in [6.07, 6.45) is 7.81. The lowest BCUT2D eigenvalue weighted by Gasteiger charge is -2.41. The maximum atomic E-state index is 12.4. The first-order valence-corrected chi connectivity index (χ1v) is 13.3. The Bertz CT molecular complexity index is 1070. The Labute approximate surface area is 222 Å². The highest BCUT2D eigenvalue weighted by atomic mass is 16.5. The van der Waals surface area contributed by atoms with E-state index in [9.17, 15) is 4.79 Å². The molecule has 5 heteroatoms. The molecular weight excluding hydrogens is 462 g/mol. The molecule has 0 radical (unpaired) electrons. The quantitative estimate of drug-likeness (QED) is 0.132. The highest BCUT2D eigenvalue weighted by molar-refractivity contribution is 5.89. The highest BCUT2D eigenvalue weighted by Crippen LogP contribution is 2.35. The van der Waals surface area contributed by atoms with Gasteiger partial charge in [-0.25, -0.2) is 4.79 Å². The minimum Gasteiger partial charge on any atom is -0.491 e. The van der Waals surface area contributed by atoms with Crippen molar-refractivity contribution in [2.75, 3.05) is 40.0 Å². The van der Waals surface area contributed by atoms with Crippen molar-refractivity contribution in [3.8, 4) is 5.75 Å². The van der Waals surface area contributed by atoms with Gasteiger partial charge in [0.15, 0.2) is 0 Å². The summed E-state index contributed by atoms with van der Waals surface area (Å²) in [6, 6.07) is 18.9. The normalized spacial score (nSPS) is 17.7. The van der Waals surface area contributed by atoms with E-state index in [-0.39, 0.29) is 5.97 Å². The average Bonchev–Trinajstić information content (AvgIpc) is 2.89. The van der Waals surface area contributed by atoms with Crippen LogP contribution < -0.4 is 4.74 Å². The number of nitrogens with zero attached hydrogens (tertiary/aromatic N) is 1. The first kappa shape index (κ1) is 28.4. The number of esters is 1. The lowest BCUT2D eigenvalue weighted by atomic mass is 9.98. The zero-order valence-corrected chi connectivity index (χ0v) is 22.7. The molecule has 0 N–H and O–H groups in total. The zero-order valence-electron chi connectivity index (χ0n) is 22.7. The predicted molar refractivity (Wildman–Crippen MR) is 150 cm³/mol. The molecule has 198 valence electrons. The van der Waals surface area contributed by atoms with Crippen molar-refractivity contribution in [1.29, 1.82) is 0 Å². The van der Waals surface area contributed by atoms with Crippen LogP contribution in [0.15, 0.2) is 84.5 Å². The van der Waals surface area contributed by atoms with Gasteiger partial charge in [-0.05, 0) is 55.7 Å². The van der Waals surface area contributed by atoms with Crippen LogP contribution in [-0.4, -0.2) is 50.5 Å². The first-order valence-electron chi connectivity index (χ1n) is 13.3. The molecular formula is C32H42NO4+. The Morgan fingerprint density at radius 1 is 1.00 bits per heavy atom. The van der Waals surface area contributed by atoms with Crippen LogP contribution in [0, 0.1) is 0 Å². The fourth-order valence-corrected chi connectivity index (χ4v) is 4.91. The number of quaternary nitrogens is 1. The maximum Gasteiger partial charge on any atom is 0.333 e. The fraction of sp³-hybridized carbons (Fsp3) is 0.406. The number of hydrogen-bond acceptors (Lipinski definition) is 4. The van der Waals surface area contributed by atoms with E-state index in [0.29, 0.717) is 25.2 Å². The molecule has 0 saturated heterocycles. The number of hydrogen-bond donors (Lipinski definition) is 0. The van der Waals surface area contributed by atoms with E-state index in [2.05, 4.69) is 69.0 Å². The third-order valence-electron chi connectivity index (χ3n) is 6.62. The van der Waals surface area contributed by atoms with Gasteiger partial charge in [0, 0.05) is 35.8 Å². The van der Waals surface area contributed by atoms with E-state index in [1.54, 1.807) is 0 Å². The van der Waals surface area contributed by atoms with E-state index in [1.165, 1.54) is 12.7 Å². The van der Waals surface area contributed by atoms with Crippen molar-refractivity contribution >= 4 is 11.7 Å². The standard InChI is InChI=1S/C32H42NO4/c1-5-6-21-36-22-23-37-30-17-14-28(15-18-30)31-19-16-29(32(34)35-4)13-10-20-33(31,24-26(2)3)25-27-11-8-7-9-12-27/h7-9,11-12,14-19H,2,5-6,10,13,20-25H2,1,3-4H3/q+1. The Hall–Kier alpha value is -3.15. The lowest BCUT2D eigenvalue weighted by Crippen LogP contribution is -2.47. The van der Waals surface area contributed by atoms with E-state index in [0.717, 1.165) is 72.6 Å². The number of rotatable bonds is 13. The van der Waals surface area contributed by atoms with Gasteiger partial charge in [-0.15, -0.1) is 0 Å². The molecule has 37 heavy (non-hydrogen) atoms. The van der Waals surface area contributed by atoms with Gasteiger partial charge in [-0.2, -0.15) is 0 Å². The lowest BCUT2D eigenvalue weighted by molar-refractivity contribution is -0.869. The molecule has 1 aliphatic rings. The predicted octanol–water partition coefficient (Wildman–Crippen LogP) is 6.71. The molecule has 1 aliphatic heterocycles. The Morgan fingerprint density at radius 2 is 1.76 bits per heavy atom. The molecule has 0 amide bonds. The minimum absolute atomic E-state index is 0.261.